The van der Waals surface area contributed by atoms with Crippen molar-refractivity contribution >= 4 is 42.2 Å². The average Bonchev–Trinajstić information content (AvgIpc) is 2.86. The van der Waals surface area contributed by atoms with E-state index in [-0.39, 0.29) is 24.2 Å². The Labute approximate surface area is 202 Å². The maximum Gasteiger partial charge on any atom is 0.250 e. The van der Waals surface area contributed by atoms with Gasteiger partial charge in [-0.2, -0.15) is 20.1 Å². The van der Waals surface area contributed by atoms with E-state index in [4.69, 9.17) is 14.2 Å². The Hall–Kier alpha value is -3.70. The Kier molecular flexibility index (Phi) is 8.77. The van der Waals surface area contributed by atoms with Gasteiger partial charge in [0.25, 0.3) is 0 Å². The average molecular weight is 490 g/mol. The first-order chi connectivity index (χ1) is 16.1. The second kappa shape index (κ2) is 12.0. The normalized spacial score (nSPS) is 13.3. The molecule has 2 N–H and O–H groups in total. The quantitative estimate of drug-likeness (QED) is 0.363. The van der Waals surface area contributed by atoms with Crippen molar-refractivity contribution in [1.82, 2.24) is 15.0 Å². The van der Waals surface area contributed by atoms with Crippen LogP contribution in [0.2, 0.25) is 0 Å². The van der Waals surface area contributed by atoms with E-state index in [1.54, 1.807) is 38.6 Å². The molecule has 4 rings (SSSR count). The molecule has 1 aromatic heterocycles. The van der Waals surface area contributed by atoms with Crippen molar-refractivity contribution in [2.24, 2.45) is 5.10 Å². The summed E-state index contributed by atoms with van der Waals surface area (Å²) in [5, 5.41) is 7.33. The highest BCUT2D eigenvalue weighted by Crippen LogP contribution is 2.23. The van der Waals surface area contributed by atoms with Crippen LogP contribution in [0.25, 0.3) is 0 Å². The lowest BCUT2D eigenvalue weighted by molar-refractivity contribution is 0.122. The number of morpholine rings is 1. The minimum atomic E-state index is -0.323. The molecule has 0 bridgehead atoms. The first kappa shape index (κ1) is 24.9. The molecule has 1 saturated heterocycles. The molecule has 1 fully saturated rings. The van der Waals surface area contributed by atoms with Crippen LogP contribution in [-0.2, 0) is 4.74 Å². The predicted molar refractivity (Wildman–Crippen MR) is 131 cm³/mol. The van der Waals surface area contributed by atoms with E-state index < -0.39 is 0 Å². The number of hydrogen-bond acceptors (Lipinski definition) is 10. The van der Waals surface area contributed by atoms with Crippen LogP contribution >= 0.6 is 12.4 Å². The minimum absolute atomic E-state index is 0. The Morgan fingerprint density at radius 1 is 1.00 bits per heavy atom. The lowest BCUT2D eigenvalue weighted by Crippen LogP contribution is -2.37. The van der Waals surface area contributed by atoms with Gasteiger partial charge in [0.2, 0.25) is 17.8 Å². The zero-order chi connectivity index (χ0) is 23.0. The molecule has 0 radical (unpaired) electrons. The van der Waals surface area contributed by atoms with Crippen molar-refractivity contribution in [3.8, 4) is 11.5 Å². The molecule has 2 aromatic carbocycles. The smallest absolute Gasteiger partial charge is 0.250 e. The molecule has 0 unspecified atom stereocenters. The van der Waals surface area contributed by atoms with E-state index in [0.29, 0.717) is 55.4 Å². The molecule has 0 aliphatic carbocycles. The fraction of sp³-hybridized carbons (Fsp3) is 0.273. The summed E-state index contributed by atoms with van der Waals surface area (Å²) in [4.78, 5) is 15.4. The predicted octanol–water partition coefficient (Wildman–Crippen LogP) is 3.48. The number of aromatic nitrogens is 3. The number of benzene rings is 2. The van der Waals surface area contributed by atoms with Crippen LogP contribution in [0.3, 0.4) is 0 Å². The van der Waals surface area contributed by atoms with Crippen LogP contribution in [-0.4, -0.2) is 61.7 Å². The number of methoxy groups -OCH3 is 2. The summed E-state index contributed by atoms with van der Waals surface area (Å²) in [6.07, 6.45) is 1.60. The van der Waals surface area contributed by atoms with Gasteiger partial charge in [-0.05, 0) is 36.4 Å². The Balaban J connectivity index is 0.00000324. The first-order valence-corrected chi connectivity index (χ1v) is 10.3. The highest BCUT2D eigenvalue weighted by Gasteiger charge is 2.17. The van der Waals surface area contributed by atoms with Gasteiger partial charge in [-0.1, -0.05) is 0 Å². The third kappa shape index (κ3) is 6.42. The topological polar surface area (TPSA) is 106 Å². The summed E-state index contributed by atoms with van der Waals surface area (Å²) >= 11 is 0. The molecule has 1 aliphatic heterocycles. The highest BCUT2D eigenvalue weighted by molar-refractivity contribution is 5.85. The number of nitrogens with one attached hydrogen (secondary N) is 2. The van der Waals surface area contributed by atoms with Gasteiger partial charge in [0.05, 0.1) is 33.6 Å². The molecule has 2 heterocycles. The maximum atomic E-state index is 13.2. The van der Waals surface area contributed by atoms with Crippen molar-refractivity contribution in [2.75, 3.05) is 56.2 Å². The van der Waals surface area contributed by atoms with Crippen molar-refractivity contribution in [1.29, 1.82) is 0 Å². The number of nitrogens with zero attached hydrogens (tertiary/aromatic N) is 5. The minimum Gasteiger partial charge on any atom is -0.497 e. The number of halogens is 2. The van der Waals surface area contributed by atoms with Gasteiger partial charge in [-0.25, -0.2) is 9.82 Å². The van der Waals surface area contributed by atoms with Crippen LogP contribution in [0.15, 0.2) is 47.6 Å². The van der Waals surface area contributed by atoms with Crippen LogP contribution in [0, 0.1) is 5.82 Å². The molecule has 34 heavy (non-hydrogen) atoms. The van der Waals surface area contributed by atoms with Gasteiger partial charge in [0.15, 0.2) is 0 Å². The third-order valence-electron chi connectivity index (χ3n) is 4.83. The van der Waals surface area contributed by atoms with E-state index >= 15 is 0 Å². The molecule has 10 nitrogen and oxygen atoms in total. The zero-order valence-electron chi connectivity index (χ0n) is 18.7. The number of hydrazone groups is 1. The van der Waals surface area contributed by atoms with E-state index in [1.807, 2.05) is 17.0 Å². The second-order valence-corrected chi connectivity index (χ2v) is 6.99. The highest BCUT2D eigenvalue weighted by atomic mass is 35.5. The van der Waals surface area contributed by atoms with Crippen molar-refractivity contribution in [3.63, 3.8) is 0 Å². The van der Waals surface area contributed by atoms with Crippen LogP contribution < -0.4 is 25.1 Å². The number of rotatable bonds is 8. The van der Waals surface area contributed by atoms with Gasteiger partial charge < -0.3 is 24.4 Å². The summed E-state index contributed by atoms with van der Waals surface area (Å²) < 4.78 is 29.3. The van der Waals surface area contributed by atoms with Crippen LogP contribution in [0.1, 0.15) is 5.56 Å². The second-order valence-electron chi connectivity index (χ2n) is 6.99. The van der Waals surface area contributed by atoms with Crippen molar-refractivity contribution in [2.45, 2.75) is 0 Å². The molecular formula is C22H25ClFN7O3. The molecule has 180 valence electrons. The molecule has 1 aliphatic rings. The first-order valence-electron chi connectivity index (χ1n) is 10.3. The Morgan fingerprint density at radius 3 is 2.44 bits per heavy atom. The van der Waals surface area contributed by atoms with Gasteiger partial charge >= 0.3 is 0 Å². The Bertz CT molecular complexity index is 1110. The number of ether oxygens (including phenoxy) is 3. The van der Waals surface area contributed by atoms with E-state index in [2.05, 4.69) is 30.8 Å². The molecular weight excluding hydrogens is 465 g/mol. The largest absolute Gasteiger partial charge is 0.497 e. The van der Waals surface area contributed by atoms with Gasteiger partial charge in [-0.15, -0.1) is 12.4 Å². The van der Waals surface area contributed by atoms with Gasteiger partial charge in [-0.3, -0.25) is 0 Å². The zero-order valence-corrected chi connectivity index (χ0v) is 19.5. The standard InChI is InChI=1S/C22H24FN7O3.ClH/c1-31-18-8-3-15(19(13-18)32-2)14-24-29-21-26-20(25-17-6-4-16(23)5-7-17)27-22(28-21)30-9-11-33-12-10-30;/h3-8,13-14H,9-12H2,1-2H3,(H2,25,26,27,28,29);1H. The fourth-order valence-electron chi connectivity index (χ4n) is 3.12. The molecule has 12 heteroatoms. The fourth-order valence-corrected chi connectivity index (χ4v) is 3.12. The Morgan fingerprint density at radius 2 is 1.74 bits per heavy atom. The summed E-state index contributed by atoms with van der Waals surface area (Å²) in [7, 11) is 3.17. The maximum absolute atomic E-state index is 13.2. The molecule has 3 aromatic rings. The summed E-state index contributed by atoms with van der Waals surface area (Å²) in [5.74, 6) is 2.01. The number of anilines is 4. The monoisotopic (exact) mass is 489 g/mol. The summed E-state index contributed by atoms with van der Waals surface area (Å²) in [6, 6.07) is 11.3. The molecule has 0 saturated carbocycles. The molecule has 0 atom stereocenters. The van der Waals surface area contributed by atoms with Crippen molar-refractivity contribution in [3.05, 3.63) is 53.8 Å². The third-order valence-corrected chi connectivity index (χ3v) is 4.83. The molecule has 0 spiro atoms. The van der Waals surface area contributed by atoms with Crippen LogP contribution in [0.4, 0.5) is 27.9 Å². The molecule has 0 amide bonds. The van der Waals surface area contributed by atoms with E-state index in [1.165, 1.54) is 12.1 Å². The summed E-state index contributed by atoms with van der Waals surface area (Å²) in [6.45, 7) is 2.49. The van der Waals surface area contributed by atoms with Gasteiger partial charge in [0, 0.05) is 30.4 Å². The summed E-state index contributed by atoms with van der Waals surface area (Å²) in [5.41, 5.74) is 4.24. The van der Waals surface area contributed by atoms with Crippen LogP contribution in [0.5, 0.6) is 11.5 Å². The van der Waals surface area contributed by atoms with E-state index in [0.717, 1.165) is 5.56 Å². The van der Waals surface area contributed by atoms with Crippen molar-refractivity contribution < 1.29 is 18.6 Å². The lowest BCUT2D eigenvalue weighted by atomic mass is 10.2. The SMILES string of the molecule is COc1ccc(C=NNc2nc(Nc3ccc(F)cc3)nc(N3CCOCC3)n2)c(OC)c1.Cl. The number of hydrogen-bond donors (Lipinski definition) is 2. The van der Waals surface area contributed by atoms with Gasteiger partial charge in [0.1, 0.15) is 17.3 Å². The van der Waals surface area contributed by atoms with E-state index in [9.17, 15) is 4.39 Å². The lowest BCUT2D eigenvalue weighted by Gasteiger charge is -2.27.